The highest BCUT2D eigenvalue weighted by Crippen LogP contribution is 2.26. The summed E-state index contributed by atoms with van der Waals surface area (Å²) in [5, 5.41) is 9.56. The summed E-state index contributed by atoms with van der Waals surface area (Å²) in [6.07, 6.45) is 1.56. The molecule has 6 heteroatoms. The van der Waals surface area contributed by atoms with E-state index < -0.39 is 5.92 Å². The van der Waals surface area contributed by atoms with Crippen molar-refractivity contribution in [1.82, 2.24) is 19.5 Å². The normalized spacial score (nSPS) is 12.2. The van der Waals surface area contributed by atoms with Crippen LogP contribution in [0, 0.1) is 11.3 Å². The quantitative estimate of drug-likeness (QED) is 0.791. The van der Waals surface area contributed by atoms with Crippen LogP contribution in [-0.4, -0.2) is 19.5 Å². The number of aromatic nitrogens is 4. The van der Waals surface area contributed by atoms with E-state index in [4.69, 9.17) is 5.73 Å². The van der Waals surface area contributed by atoms with E-state index in [1.165, 1.54) is 0 Å². The number of rotatable bonds is 3. The molecule has 0 fully saturated rings. The van der Waals surface area contributed by atoms with E-state index >= 15 is 0 Å². The minimum Gasteiger partial charge on any atom is -0.368 e. The van der Waals surface area contributed by atoms with Gasteiger partial charge in [0.2, 0.25) is 5.95 Å². The Kier molecular flexibility index (Phi) is 3.24. The highest BCUT2D eigenvalue weighted by Gasteiger charge is 2.22. The maximum atomic E-state index is 9.56. The molecule has 3 rings (SSSR count). The lowest BCUT2D eigenvalue weighted by molar-refractivity contribution is 0.705. The molecule has 1 unspecified atom stereocenters. The third-order valence-corrected chi connectivity index (χ3v) is 3.38. The van der Waals surface area contributed by atoms with Crippen LogP contribution in [0.3, 0.4) is 0 Å². The zero-order chi connectivity index (χ0) is 14.8. The second-order valence-corrected chi connectivity index (χ2v) is 4.60. The Morgan fingerprint density at radius 2 is 2.10 bits per heavy atom. The Balaban J connectivity index is 2.20. The molecule has 1 atom stereocenters. The van der Waals surface area contributed by atoms with Crippen molar-refractivity contribution in [3.05, 3.63) is 48.0 Å². The fraction of sp³-hybridized carbons (Fsp3) is 0.200. The summed E-state index contributed by atoms with van der Waals surface area (Å²) in [7, 11) is 0. The molecule has 0 bridgehead atoms. The average Bonchev–Trinajstić information content (AvgIpc) is 2.86. The maximum Gasteiger partial charge on any atom is 0.220 e. The number of nitrogens with two attached hydrogens (primary N) is 1. The smallest absolute Gasteiger partial charge is 0.220 e. The zero-order valence-electron chi connectivity index (χ0n) is 11.6. The van der Waals surface area contributed by atoms with E-state index in [2.05, 4.69) is 21.0 Å². The Hall–Kier alpha value is -2.94. The van der Waals surface area contributed by atoms with Gasteiger partial charge in [0.25, 0.3) is 0 Å². The van der Waals surface area contributed by atoms with E-state index in [-0.39, 0.29) is 5.95 Å². The van der Waals surface area contributed by atoms with Crippen molar-refractivity contribution in [3.63, 3.8) is 0 Å². The summed E-state index contributed by atoms with van der Waals surface area (Å²) in [6.45, 7) is 2.76. The predicted octanol–water partition coefficient (Wildman–Crippen LogP) is 2.08. The standard InChI is InChI=1S/C15H14N6/c1-2-21-13-6-4-3-5-12(13)19-14(21)10(9-16)11-7-8-18-15(17)20-11/h3-8,10H,2H2,1H3,(H2,17,18,20). The van der Waals surface area contributed by atoms with Crippen molar-refractivity contribution >= 4 is 17.0 Å². The largest absolute Gasteiger partial charge is 0.368 e. The molecule has 2 aromatic heterocycles. The molecule has 0 amide bonds. The van der Waals surface area contributed by atoms with Crippen LogP contribution in [0.5, 0.6) is 0 Å². The van der Waals surface area contributed by atoms with Gasteiger partial charge in [-0.2, -0.15) is 5.26 Å². The Labute approximate surface area is 121 Å². The highest BCUT2D eigenvalue weighted by molar-refractivity contribution is 5.76. The van der Waals surface area contributed by atoms with Crippen molar-refractivity contribution in [1.29, 1.82) is 5.26 Å². The Morgan fingerprint density at radius 1 is 1.29 bits per heavy atom. The number of nitrogens with zero attached hydrogens (tertiary/aromatic N) is 5. The molecule has 0 saturated carbocycles. The van der Waals surface area contributed by atoms with E-state index in [9.17, 15) is 5.26 Å². The van der Waals surface area contributed by atoms with Gasteiger partial charge in [0.1, 0.15) is 11.7 Å². The summed E-state index contributed by atoms with van der Waals surface area (Å²) >= 11 is 0. The monoisotopic (exact) mass is 278 g/mol. The minimum atomic E-state index is -0.567. The van der Waals surface area contributed by atoms with Crippen molar-refractivity contribution in [2.45, 2.75) is 19.4 Å². The van der Waals surface area contributed by atoms with Crippen molar-refractivity contribution < 1.29 is 0 Å². The second-order valence-electron chi connectivity index (χ2n) is 4.60. The first-order valence-electron chi connectivity index (χ1n) is 6.67. The summed E-state index contributed by atoms with van der Waals surface area (Å²) < 4.78 is 2.03. The van der Waals surface area contributed by atoms with Gasteiger partial charge in [0.05, 0.1) is 22.8 Å². The second kappa shape index (κ2) is 5.21. The molecule has 0 aliphatic rings. The topological polar surface area (TPSA) is 93.4 Å². The maximum absolute atomic E-state index is 9.56. The lowest BCUT2D eigenvalue weighted by atomic mass is 10.1. The minimum absolute atomic E-state index is 0.159. The van der Waals surface area contributed by atoms with Gasteiger partial charge >= 0.3 is 0 Å². The molecule has 2 N–H and O–H groups in total. The Morgan fingerprint density at radius 3 is 2.81 bits per heavy atom. The first kappa shape index (κ1) is 13.1. The number of nitrogen functional groups attached to an aromatic ring is 1. The predicted molar refractivity (Wildman–Crippen MR) is 79.3 cm³/mol. The van der Waals surface area contributed by atoms with E-state index in [1.54, 1.807) is 12.3 Å². The number of nitriles is 1. The fourth-order valence-electron chi connectivity index (χ4n) is 2.45. The van der Waals surface area contributed by atoms with Crippen LogP contribution in [0.25, 0.3) is 11.0 Å². The molecule has 0 spiro atoms. The first-order valence-corrected chi connectivity index (χ1v) is 6.67. The number of benzene rings is 1. The highest BCUT2D eigenvalue weighted by atomic mass is 15.1. The first-order chi connectivity index (χ1) is 10.2. The lowest BCUT2D eigenvalue weighted by Crippen LogP contribution is -2.11. The van der Waals surface area contributed by atoms with Crippen LogP contribution in [0.1, 0.15) is 24.4 Å². The zero-order valence-corrected chi connectivity index (χ0v) is 11.6. The van der Waals surface area contributed by atoms with Crippen LogP contribution in [0.2, 0.25) is 0 Å². The number of para-hydroxylation sites is 2. The van der Waals surface area contributed by atoms with Gasteiger partial charge in [0.15, 0.2) is 0 Å². The molecule has 0 radical (unpaired) electrons. The molecule has 21 heavy (non-hydrogen) atoms. The van der Waals surface area contributed by atoms with Crippen LogP contribution in [-0.2, 0) is 6.54 Å². The molecule has 0 aliphatic carbocycles. The van der Waals surface area contributed by atoms with Gasteiger partial charge in [-0.3, -0.25) is 0 Å². The molecule has 0 aliphatic heterocycles. The number of anilines is 1. The van der Waals surface area contributed by atoms with E-state index in [1.807, 2.05) is 35.8 Å². The summed E-state index contributed by atoms with van der Waals surface area (Å²) in [6, 6.07) is 11.8. The summed E-state index contributed by atoms with van der Waals surface area (Å²) in [5.41, 5.74) is 8.06. The van der Waals surface area contributed by atoms with Gasteiger partial charge in [-0.25, -0.2) is 15.0 Å². The van der Waals surface area contributed by atoms with E-state index in [0.29, 0.717) is 11.5 Å². The third-order valence-electron chi connectivity index (χ3n) is 3.38. The van der Waals surface area contributed by atoms with Crippen molar-refractivity contribution in [2.75, 3.05) is 5.73 Å². The molecule has 3 aromatic rings. The van der Waals surface area contributed by atoms with Crippen LogP contribution >= 0.6 is 0 Å². The summed E-state index contributed by atoms with van der Waals surface area (Å²) in [5.74, 6) is 0.272. The third kappa shape index (κ3) is 2.19. The number of imidazole rings is 1. The lowest BCUT2D eigenvalue weighted by Gasteiger charge is -2.11. The van der Waals surface area contributed by atoms with Crippen LogP contribution < -0.4 is 5.73 Å². The van der Waals surface area contributed by atoms with Gasteiger partial charge in [-0.15, -0.1) is 0 Å². The van der Waals surface area contributed by atoms with Gasteiger partial charge in [-0.1, -0.05) is 12.1 Å². The molecule has 104 valence electrons. The SMILES string of the molecule is CCn1c(C(C#N)c2ccnc(N)n2)nc2ccccc21. The molecular formula is C15H14N6. The fourth-order valence-corrected chi connectivity index (χ4v) is 2.45. The van der Waals surface area contributed by atoms with Gasteiger partial charge in [-0.05, 0) is 25.1 Å². The molecule has 6 nitrogen and oxygen atoms in total. The molecular weight excluding hydrogens is 264 g/mol. The number of aryl methyl sites for hydroxylation is 1. The molecule has 0 saturated heterocycles. The molecule has 2 heterocycles. The molecule has 1 aromatic carbocycles. The number of fused-ring (bicyclic) bond motifs is 1. The summed E-state index contributed by atoms with van der Waals surface area (Å²) in [4.78, 5) is 12.6. The van der Waals surface area contributed by atoms with Crippen molar-refractivity contribution in [3.8, 4) is 6.07 Å². The van der Waals surface area contributed by atoms with E-state index in [0.717, 1.165) is 17.6 Å². The Bertz CT molecular complexity index is 830. The average molecular weight is 278 g/mol. The number of hydrogen-bond donors (Lipinski definition) is 1. The van der Waals surface area contributed by atoms with Crippen molar-refractivity contribution in [2.24, 2.45) is 0 Å². The van der Waals surface area contributed by atoms with Crippen LogP contribution in [0.15, 0.2) is 36.5 Å². The van der Waals surface area contributed by atoms with Gasteiger partial charge in [0, 0.05) is 12.7 Å². The van der Waals surface area contributed by atoms with Gasteiger partial charge < -0.3 is 10.3 Å². The van der Waals surface area contributed by atoms with Crippen LogP contribution in [0.4, 0.5) is 5.95 Å². The number of hydrogen-bond acceptors (Lipinski definition) is 5.